The van der Waals surface area contributed by atoms with Gasteiger partial charge in [-0.1, -0.05) is 77.7 Å². The Kier molecular flexibility index (Phi) is 14.5. The molecule has 3 nitrogen and oxygen atoms in total. The lowest BCUT2D eigenvalue weighted by molar-refractivity contribution is -0.136. The van der Waals surface area contributed by atoms with E-state index in [0.29, 0.717) is 12.0 Å². The normalized spacial score (nSPS) is 12.1. The van der Waals surface area contributed by atoms with E-state index in [4.69, 9.17) is 4.74 Å². The zero-order chi connectivity index (χ0) is 16.6. The highest BCUT2D eigenvalue weighted by Crippen LogP contribution is 2.16. The Bertz CT molecular complexity index is 286. The minimum absolute atomic E-state index is 0.0839. The second kappa shape index (κ2) is 15.1. The first-order valence-corrected chi connectivity index (χ1v) is 8.94. The SMILES string of the molecule is C=C(CC(CCCCCCCCCCCC)OC)C(=O)OC. The summed E-state index contributed by atoms with van der Waals surface area (Å²) in [6.45, 7) is 6.02. The summed E-state index contributed by atoms with van der Waals surface area (Å²) < 4.78 is 10.1. The van der Waals surface area contributed by atoms with E-state index in [0.717, 1.165) is 12.8 Å². The van der Waals surface area contributed by atoms with Crippen LogP contribution in [0.3, 0.4) is 0 Å². The van der Waals surface area contributed by atoms with E-state index in [1.54, 1.807) is 7.11 Å². The van der Waals surface area contributed by atoms with Crippen molar-refractivity contribution in [2.75, 3.05) is 14.2 Å². The monoisotopic (exact) mass is 312 g/mol. The molecule has 0 aromatic carbocycles. The van der Waals surface area contributed by atoms with E-state index in [1.807, 2.05) is 0 Å². The molecule has 0 heterocycles. The molecule has 0 saturated heterocycles. The number of carbonyl (C=O) groups excluding carboxylic acids is 1. The maximum atomic E-state index is 11.3. The van der Waals surface area contributed by atoms with Gasteiger partial charge in [0, 0.05) is 19.1 Å². The van der Waals surface area contributed by atoms with Gasteiger partial charge in [0.25, 0.3) is 0 Å². The van der Waals surface area contributed by atoms with Gasteiger partial charge in [-0.15, -0.1) is 0 Å². The van der Waals surface area contributed by atoms with Crippen molar-refractivity contribution in [2.24, 2.45) is 0 Å². The van der Waals surface area contributed by atoms with Crippen LogP contribution >= 0.6 is 0 Å². The molecule has 0 amide bonds. The van der Waals surface area contributed by atoms with Crippen molar-refractivity contribution in [3.63, 3.8) is 0 Å². The van der Waals surface area contributed by atoms with Gasteiger partial charge in [-0.3, -0.25) is 0 Å². The molecule has 1 atom stereocenters. The maximum Gasteiger partial charge on any atom is 0.333 e. The quantitative estimate of drug-likeness (QED) is 0.230. The van der Waals surface area contributed by atoms with Crippen LogP contribution < -0.4 is 0 Å². The fourth-order valence-corrected chi connectivity index (χ4v) is 2.67. The molecule has 0 saturated carbocycles. The number of hydrogen-bond acceptors (Lipinski definition) is 3. The van der Waals surface area contributed by atoms with E-state index < -0.39 is 0 Å². The summed E-state index contributed by atoms with van der Waals surface area (Å²) in [5.41, 5.74) is 0.501. The largest absolute Gasteiger partial charge is 0.466 e. The van der Waals surface area contributed by atoms with Crippen LogP contribution in [0.2, 0.25) is 0 Å². The molecular formula is C19H36O3. The average molecular weight is 312 g/mol. The lowest BCUT2D eigenvalue weighted by Gasteiger charge is -2.15. The molecule has 0 N–H and O–H groups in total. The molecule has 0 spiro atoms. The van der Waals surface area contributed by atoms with Gasteiger partial charge in [0.15, 0.2) is 0 Å². The van der Waals surface area contributed by atoms with E-state index >= 15 is 0 Å². The molecule has 1 unspecified atom stereocenters. The maximum absolute atomic E-state index is 11.3. The van der Waals surface area contributed by atoms with E-state index in [2.05, 4.69) is 18.2 Å². The van der Waals surface area contributed by atoms with E-state index in [1.165, 1.54) is 64.9 Å². The van der Waals surface area contributed by atoms with Gasteiger partial charge in [0.1, 0.15) is 0 Å². The van der Waals surface area contributed by atoms with E-state index in [9.17, 15) is 4.79 Å². The predicted octanol–water partition coefficient (Wildman–Crippen LogP) is 5.43. The minimum atomic E-state index is -0.329. The van der Waals surface area contributed by atoms with Crippen molar-refractivity contribution >= 4 is 5.97 Å². The van der Waals surface area contributed by atoms with Gasteiger partial charge in [-0.2, -0.15) is 0 Å². The molecule has 0 aromatic heterocycles. The zero-order valence-electron chi connectivity index (χ0n) is 15.0. The van der Waals surface area contributed by atoms with Crippen LogP contribution in [0.4, 0.5) is 0 Å². The van der Waals surface area contributed by atoms with Crippen LogP contribution in [0.5, 0.6) is 0 Å². The van der Waals surface area contributed by atoms with Crippen molar-refractivity contribution in [1.29, 1.82) is 0 Å². The Morgan fingerprint density at radius 3 is 1.86 bits per heavy atom. The van der Waals surface area contributed by atoms with Crippen LogP contribution in [0.1, 0.15) is 84.0 Å². The Morgan fingerprint density at radius 1 is 0.909 bits per heavy atom. The molecule has 0 rings (SSSR count). The fraction of sp³-hybridized carbons (Fsp3) is 0.842. The lowest BCUT2D eigenvalue weighted by atomic mass is 10.0. The van der Waals surface area contributed by atoms with Crippen molar-refractivity contribution in [2.45, 2.75) is 90.1 Å². The number of carbonyl (C=O) groups is 1. The first-order valence-electron chi connectivity index (χ1n) is 8.94. The summed E-state index contributed by atoms with van der Waals surface area (Å²) in [7, 11) is 3.09. The van der Waals surface area contributed by atoms with Crippen LogP contribution in [-0.2, 0) is 14.3 Å². The average Bonchev–Trinajstić information content (AvgIpc) is 2.54. The molecule has 0 radical (unpaired) electrons. The standard InChI is InChI=1S/C19H36O3/c1-5-6-7-8-9-10-11-12-13-14-15-18(21-3)16-17(2)19(20)22-4/h18H,2,5-16H2,1,3-4H3. The second-order valence-corrected chi connectivity index (χ2v) is 6.13. The number of rotatable bonds is 15. The molecule has 130 valence electrons. The Labute approximate surface area is 137 Å². The third kappa shape index (κ3) is 11.8. The van der Waals surface area contributed by atoms with E-state index in [-0.39, 0.29) is 12.1 Å². The first-order chi connectivity index (χ1) is 10.7. The Balaban J connectivity index is 3.51. The van der Waals surface area contributed by atoms with Crippen LogP contribution in [-0.4, -0.2) is 26.3 Å². The minimum Gasteiger partial charge on any atom is -0.466 e. The topological polar surface area (TPSA) is 35.5 Å². The third-order valence-electron chi connectivity index (χ3n) is 4.16. The van der Waals surface area contributed by atoms with Crippen LogP contribution in [0.25, 0.3) is 0 Å². The lowest BCUT2D eigenvalue weighted by Crippen LogP contribution is -2.15. The smallest absolute Gasteiger partial charge is 0.333 e. The highest BCUT2D eigenvalue weighted by atomic mass is 16.5. The molecule has 0 aliphatic carbocycles. The summed E-state index contributed by atoms with van der Waals surface area (Å²) in [5.74, 6) is -0.329. The van der Waals surface area contributed by atoms with Gasteiger partial charge in [-0.25, -0.2) is 4.79 Å². The van der Waals surface area contributed by atoms with Gasteiger partial charge in [0.2, 0.25) is 0 Å². The van der Waals surface area contributed by atoms with Crippen molar-refractivity contribution in [3.05, 3.63) is 12.2 Å². The van der Waals surface area contributed by atoms with Crippen molar-refractivity contribution in [3.8, 4) is 0 Å². The molecule has 3 heteroatoms. The third-order valence-corrected chi connectivity index (χ3v) is 4.16. The number of esters is 1. The first kappa shape index (κ1) is 21.2. The summed E-state index contributed by atoms with van der Waals surface area (Å²) in [6.07, 6.45) is 15.0. The molecule has 0 aromatic rings. The Morgan fingerprint density at radius 2 is 1.41 bits per heavy atom. The summed E-state index contributed by atoms with van der Waals surface area (Å²) in [4.78, 5) is 11.3. The highest BCUT2D eigenvalue weighted by molar-refractivity contribution is 5.87. The van der Waals surface area contributed by atoms with Gasteiger partial charge in [0.05, 0.1) is 13.2 Å². The second-order valence-electron chi connectivity index (χ2n) is 6.13. The Hall–Kier alpha value is -0.830. The fourth-order valence-electron chi connectivity index (χ4n) is 2.67. The number of methoxy groups -OCH3 is 2. The molecule has 0 aliphatic rings. The summed E-state index contributed by atoms with van der Waals surface area (Å²) in [6, 6.07) is 0. The summed E-state index contributed by atoms with van der Waals surface area (Å²) >= 11 is 0. The number of hydrogen-bond donors (Lipinski definition) is 0. The van der Waals surface area contributed by atoms with Gasteiger partial charge in [-0.05, 0) is 6.42 Å². The van der Waals surface area contributed by atoms with Crippen LogP contribution in [0.15, 0.2) is 12.2 Å². The summed E-state index contributed by atoms with van der Waals surface area (Å²) in [5, 5.41) is 0. The predicted molar refractivity (Wildman–Crippen MR) is 93.0 cm³/mol. The molecule has 0 fully saturated rings. The molecule has 0 bridgehead atoms. The molecular weight excluding hydrogens is 276 g/mol. The van der Waals surface area contributed by atoms with Gasteiger partial charge < -0.3 is 9.47 Å². The van der Waals surface area contributed by atoms with Crippen molar-refractivity contribution < 1.29 is 14.3 Å². The van der Waals surface area contributed by atoms with Crippen molar-refractivity contribution in [1.82, 2.24) is 0 Å². The number of unbranched alkanes of at least 4 members (excludes halogenated alkanes) is 9. The molecule has 22 heavy (non-hydrogen) atoms. The number of ether oxygens (including phenoxy) is 2. The van der Waals surface area contributed by atoms with Gasteiger partial charge >= 0.3 is 5.97 Å². The highest BCUT2D eigenvalue weighted by Gasteiger charge is 2.14. The zero-order valence-corrected chi connectivity index (χ0v) is 15.0. The van der Waals surface area contributed by atoms with Crippen LogP contribution in [0, 0.1) is 0 Å². The molecule has 0 aliphatic heterocycles.